The Morgan fingerprint density at radius 3 is 1.58 bits per heavy atom. The van der Waals surface area contributed by atoms with Crippen molar-refractivity contribution in [1.82, 2.24) is 9.97 Å². The van der Waals surface area contributed by atoms with Gasteiger partial charge in [-0.1, -0.05) is 0 Å². The molecule has 5 rings (SSSR count). The SMILES string of the molecule is COc1ccc(N2CCN(c3ncnc(N4CCN(c5ccc(F)cc5)CC4)c3[N+](=O)[O-])CC2)cc1. The van der Waals surface area contributed by atoms with Crippen molar-refractivity contribution in [3.8, 4) is 5.75 Å². The zero-order valence-corrected chi connectivity index (χ0v) is 20.1. The van der Waals surface area contributed by atoms with E-state index in [9.17, 15) is 14.5 Å². The molecule has 2 fully saturated rings. The summed E-state index contributed by atoms with van der Waals surface area (Å²) in [5.74, 6) is 1.24. The summed E-state index contributed by atoms with van der Waals surface area (Å²) in [7, 11) is 1.64. The fourth-order valence-electron chi connectivity index (χ4n) is 4.78. The van der Waals surface area contributed by atoms with Gasteiger partial charge in [0.05, 0.1) is 12.0 Å². The molecule has 1 aromatic heterocycles. The predicted octanol–water partition coefficient (Wildman–Crippen LogP) is 3.19. The van der Waals surface area contributed by atoms with Crippen LogP contribution in [-0.2, 0) is 0 Å². The minimum Gasteiger partial charge on any atom is -0.497 e. The maximum atomic E-state index is 13.3. The van der Waals surface area contributed by atoms with E-state index in [1.165, 1.54) is 18.5 Å². The molecule has 0 saturated carbocycles. The summed E-state index contributed by atoms with van der Waals surface area (Å²) in [6.45, 7) is 5.12. The minimum atomic E-state index is -0.368. The molecule has 2 aliphatic heterocycles. The van der Waals surface area contributed by atoms with Crippen molar-refractivity contribution < 1.29 is 14.1 Å². The number of rotatable bonds is 6. The molecule has 0 N–H and O–H groups in total. The molecule has 11 heteroatoms. The zero-order valence-electron chi connectivity index (χ0n) is 20.1. The third-order valence-corrected chi connectivity index (χ3v) is 6.75. The maximum absolute atomic E-state index is 13.3. The minimum absolute atomic E-state index is 0.0503. The number of hydrogen-bond donors (Lipinski definition) is 0. The maximum Gasteiger partial charge on any atom is 0.353 e. The number of benzene rings is 2. The summed E-state index contributed by atoms with van der Waals surface area (Å²) in [4.78, 5) is 28.8. The van der Waals surface area contributed by atoms with E-state index in [1.807, 2.05) is 34.1 Å². The first kappa shape index (κ1) is 23.6. The smallest absolute Gasteiger partial charge is 0.353 e. The number of hydrogen-bond acceptors (Lipinski definition) is 9. The van der Waals surface area contributed by atoms with Gasteiger partial charge >= 0.3 is 5.69 Å². The lowest BCUT2D eigenvalue weighted by Crippen LogP contribution is -2.48. The standard InChI is InChI=1S/C25H28FN7O3/c1-36-22-8-6-21(7-9-22)30-12-16-32(17-13-30)25-23(33(34)35)24(27-18-28-25)31-14-10-29(11-15-31)20-4-2-19(26)3-5-20/h2-9,18H,10-17H2,1H3. The molecule has 0 bridgehead atoms. The molecule has 0 spiro atoms. The average Bonchev–Trinajstić information content (AvgIpc) is 2.93. The molecule has 0 radical (unpaired) electrons. The van der Waals surface area contributed by atoms with E-state index in [2.05, 4.69) is 19.8 Å². The number of piperazine rings is 2. The summed E-state index contributed by atoms with van der Waals surface area (Å²) in [6, 6.07) is 14.3. The molecule has 36 heavy (non-hydrogen) atoms. The van der Waals surface area contributed by atoms with Gasteiger partial charge in [-0.15, -0.1) is 0 Å². The molecule has 10 nitrogen and oxygen atoms in total. The van der Waals surface area contributed by atoms with Crippen molar-refractivity contribution in [2.75, 3.05) is 79.1 Å². The quantitative estimate of drug-likeness (QED) is 0.379. The summed E-state index contributed by atoms with van der Waals surface area (Å²) < 4.78 is 18.5. The molecule has 0 aliphatic carbocycles. The Morgan fingerprint density at radius 2 is 1.17 bits per heavy atom. The number of nitrogens with zero attached hydrogens (tertiary/aromatic N) is 7. The molecular formula is C25H28FN7O3. The van der Waals surface area contributed by atoms with Crippen LogP contribution in [-0.4, -0.2) is 74.4 Å². The Morgan fingerprint density at radius 1 is 0.750 bits per heavy atom. The van der Waals surface area contributed by atoms with Crippen LogP contribution in [0.2, 0.25) is 0 Å². The summed E-state index contributed by atoms with van der Waals surface area (Å²) >= 11 is 0. The fourth-order valence-corrected chi connectivity index (χ4v) is 4.78. The molecule has 0 unspecified atom stereocenters. The number of anilines is 4. The fraction of sp³-hybridized carbons (Fsp3) is 0.360. The van der Waals surface area contributed by atoms with Crippen molar-refractivity contribution in [1.29, 1.82) is 0 Å². The highest BCUT2D eigenvalue weighted by Crippen LogP contribution is 2.35. The second kappa shape index (κ2) is 10.2. The van der Waals surface area contributed by atoms with Crippen LogP contribution in [0.5, 0.6) is 5.75 Å². The third kappa shape index (κ3) is 4.81. The Kier molecular flexibility index (Phi) is 6.70. The van der Waals surface area contributed by atoms with Gasteiger partial charge < -0.3 is 24.3 Å². The van der Waals surface area contributed by atoms with Crippen LogP contribution in [0.25, 0.3) is 0 Å². The lowest BCUT2D eigenvalue weighted by Gasteiger charge is -2.38. The Labute approximate surface area is 208 Å². The van der Waals surface area contributed by atoms with E-state index in [0.717, 1.165) is 30.2 Å². The second-order valence-corrected chi connectivity index (χ2v) is 8.75. The Bertz CT molecular complexity index is 1190. The highest BCUT2D eigenvalue weighted by atomic mass is 19.1. The van der Waals surface area contributed by atoms with Crippen LogP contribution in [0.1, 0.15) is 0 Å². The van der Waals surface area contributed by atoms with Crippen LogP contribution in [0.3, 0.4) is 0 Å². The van der Waals surface area contributed by atoms with Crippen molar-refractivity contribution in [3.63, 3.8) is 0 Å². The van der Waals surface area contributed by atoms with E-state index < -0.39 is 0 Å². The van der Waals surface area contributed by atoms with Crippen LogP contribution < -0.4 is 24.3 Å². The van der Waals surface area contributed by atoms with Crippen LogP contribution in [0, 0.1) is 15.9 Å². The number of nitro groups is 1. The molecule has 0 atom stereocenters. The van der Waals surface area contributed by atoms with Crippen molar-refractivity contribution in [2.45, 2.75) is 0 Å². The molecule has 2 saturated heterocycles. The highest BCUT2D eigenvalue weighted by Gasteiger charge is 2.33. The molecule has 2 aromatic carbocycles. The van der Waals surface area contributed by atoms with E-state index in [1.54, 1.807) is 19.2 Å². The van der Waals surface area contributed by atoms with Gasteiger partial charge in [-0.2, -0.15) is 0 Å². The van der Waals surface area contributed by atoms with Gasteiger partial charge in [-0.05, 0) is 48.5 Å². The van der Waals surface area contributed by atoms with Gasteiger partial charge in [-0.25, -0.2) is 14.4 Å². The predicted molar refractivity (Wildman–Crippen MR) is 137 cm³/mol. The zero-order chi connectivity index (χ0) is 25.1. The largest absolute Gasteiger partial charge is 0.497 e. The van der Waals surface area contributed by atoms with E-state index >= 15 is 0 Å². The van der Waals surface area contributed by atoms with Gasteiger partial charge in [0.2, 0.25) is 11.6 Å². The second-order valence-electron chi connectivity index (χ2n) is 8.75. The molecule has 3 aromatic rings. The monoisotopic (exact) mass is 493 g/mol. The number of ether oxygens (including phenoxy) is 1. The molecular weight excluding hydrogens is 465 g/mol. The normalized spacial score (nSPS) is 16.3. The lowest BCUT2D eigenvalue weighted by atomic mass is 10.2. The number of methoxy groups -OCH3 is 1. The van der Waals surface area contributed by atoms with Gasteiger partial charge in [0.1, 0.15) is 17.9 Å². The van der Waals surface area contributed by atoms with Crippen LogP contribution in [0.15, 0.2) is 54.9 Å². The van der Waals surface area contributed by atoms with Crippen molar-refractivity contribution in [2.24, 2.45) is 0 Å². The number of aromatic nitrogens is 2. The van der Waals surface area contributed by atoms with Crippen molar-refractivity contribution in [3.05, 3.63) is 70.8 Å². The average molecular weight is 494 g/mol. The van der Waals surface area contributed by atoms with E-state index in [0.29, 0.717) is 50.9 Å². The van der Waals surface area contributed by atoms with Gasteiger partial charge in [-0.3, -0.25) is 10.1 Å². The van der Waals surface area contributed by atoms with E-state index in [-0.39, 0.29) is 16.4 Å². The molecule has 2 aliphatic rings. The first-order valence-electron chi connectivity index (χ1n) is 11.9. The van der Waals surface area contributed by atoms with Gasteiger partial charge in [0, 0.05) is 63.7 Å². The van der Waals surface area contributed by atoms with Crippen molar-refractivity contribution >= 4 is 28.7 Å². The summed E-state index contributed by atoms with van der Waals surface area (Å²) in [5.41, 5.74) is 1.97. The number of halogens is 1. The van der Waals surface area contributed by atoms with Crippen LogP contribution in [0.4, 0.5) is 33.1 Å². The molecule has 188 valence electrons. The highest BCUT2D eigenvalue weighted by molar-refractivity contribution is 5.72. The van der Waals surface area contributed by atoms with E-state index in [4.69, 9.17) is 4.74 Å². The van der Waals surface area contributed by atoms with Gasteiger partial charge in [0.25, 0.3) is 0 Å². The third-order valence-electron chi connectivity index (χ3n) is 6.75. The first-order valence-corrected chi connectivity index (χ1v) is 11.9. The lowest BCUT2D eigenvalue weighted by molar-refractivity contribution is -0.383. The molecule has 3 heterocycles. The summed E-state index contributed by atoms with van der Waals surface area (Å²) in [6.07, 6.45) is 1.42. The Hall–Kier alpha value is -4.15. The Balaban J connectivity index is 1.29. The van der Waals surface area contributed by atoms with Gasteiger partial charge in [0.15, 0.2) is 0 Å². The molecule has 0 amide bonds. The topological polar surface area (TPSA) is 91.1 Å². The van der Waals surface area contributed by atoms with Crippen LogP contribution >= 0.6 is 0 Å². The summed E-state index contributed by atoms with van der Waals surface area (Å²) in [5, 5.41) is 12.2. The first-order chi connectivity index (χ1) is 17.5.